The highest BCUT2D eigenvalue weighted by Crippen LogP contribution is 2.32. The second-order valence-electron chi connectivity index (χ2n) is 13.5. The van der Waals surface area contributed by atoms with E-state index in [-0.39, 0.29) is 22.5 Å². The second kappa shape index (κ2) is 12.6. The molecule has 2 N–H and O–H groups in total. The van der Waals surface area contributed by atoms with Crippen LogP contribution in [-0.2, 0) is 31.2 Å². The number of fused-ring (bicyclic) bond motifs is 3. The summed E-state index contributed by atoms with van der Waals surface area (Å²) in [7, 11) is 1.62. The lowest BCUT2D eigenvalue weighted by Crippen LogP contribution is -2.60. The zero-order valence-electron chi connectivity index (χ0n) is 27.7. The van der Waals surface area contributed by atoms with Crippen LogP contribution in [0.2, 0.25) is 0 Å². The molecule has 2 fully saturated rings. The van der Waals surface area contributed by atoms with E-state index in [1.54, 1.807) is 25.5 Å². The Morgan fingerprint density at radius 1 is 1.04 bits per heavy atom. The van der Waals surface area contributed by atoms with Gasteiger partial charge in [-0.25, -0.2) is 9.37 Å². The minimum atomic E-state index is -0.569. The van der Waals surface area contributed by atoms with Crippen molar-refractivity contribution in [1.82, 2.24) is 23.4 Å². The summed E-state index contributed by atoms with van der Waals surface area (Å²) < 4.78 is 25.5. The topological polar surface area (TPSA) is 109 Å². The van der Waals surface area contributed by atoms with Gasteiger partial charge in [0.15, 0.2) is 0 Å². The van der Waals surface area contributed by atoms with E-state index in [4.69, 9.17) is 4.74 Å². The van der Waals surface area contributed by atoms with Gasteiger partial charge in [0.05, 0.1) is 43.4 Å². The Morgan fingerprint density at radius 3 is 2.61 bits per heavy atom. The summed E-state index contributed by atoms with van der Waals surface area (Å²) in [5.74, 6) is -0.0752. The number of aryl methyl sites for hydroxylation is 3. The molecule has 2 saturated heterocycles. The van der Waals surface area contributed by atoms with Gasteiger partial charge in [-0.15, -0.1) is 0 Å². The first kappa shape index (κ1) is 31.5. The van der Waals surface area contributed by atoms with Gasteiger partial charge in [-0.2, -0.15) is 0 Å². The van der Waals surface area contributed by atoms with Gasteiger partial charge in [-0.3, -0.25) is 19.1 Å². The highest BCUT2D eigenvalue weighted by Gasteiger charge is 2.33. The number of hydrogen-bond acceptors (Lipinski definition) is 8. The molecule has 1 aromatic carbocycles. The van der Waals surface area contributed by atoms with Crippen LogP contribution in [0.15, 0.2) is 70.8 Å². The van der Waals surface area contributed by atoms with Crippen molar-refractivity contribution in [2.45, 2.75) is 51.3 Å². The number of rotatable bonds is 7. The molecular weight excluding hydrogens is 625 g/mol. The maximum atomic E-state index is 15.4. The summed E-state index contributed by atoms with van der Waals surface area (Å²) in [5.41, 5.74) is 5.03. The quantitative estimate of drug-likeness (QED) is 0.269. The lowest BCUT2D eigenvalue weighted by molar-refractivity contribution is -0.0792. The van der Waals surface area contributed by atoms with Crippen LogP contribution in [0, 0.1) is 5.82 Å². The van der Waals surface area contributed by atoms with E-state index in [0.717, 1.165) is 69.9 Å². The predicted octanol–water partition coefficient (Wildman–Crippen LogP) is 4.01. The van der Waals surface area contributed by atoms with Gasteiger partial charge in [0.25, 0.3) is 11.1 Å². The average Bonchev–Trinajstić information content (AvgIpc) is 3.47. The van der Waals surface area contributed by atoms with E-state index >= 15 is 4.39 Å². The number of nitrogens with one attached hydrogen (secondary N) is 1. The minimum absolute atomic E-state index is 0.247. The van der Waals surface area contributed by atoms with E-state index in [9.17, 15) is 14.7 Å². The van der Waals surface area contributed by atoms with Gasteiger partial charge in [0.2, 0.25) is 0 Å². The second-order valence-corrected chi connectivity index (χ2v) is 13.5. The maximum Gasteiger partial charge on any atom is 0.279 e. The fourth-order valence-corrected chi connectivity index (χ4v) is 7.73. The van der Waals surface area contributed by atoms with Gasteiger partial charge in [0.1, 0.15) is 22.8 Å². The molecule has 0 spiro atoms. The molecule has 0 radical (unpaired) electrons. The molecule has 1 aliphatic carbocycles. The molecule has 12 heteroatoms. The van der Waals surface area contributed by atoms with Crippen LogP contribution in [0.25, 0.3) is 22.3 Å². The zero-order chi connectivity index (χ0) is 33.8. The Morgan fingerprint density at radius 2 is 1.88 bits per heavy atom. The van der Waals surface area contributed by atoms with E-state index in [1.807, 2.05) is 35.0 Å². The molecule has 0 bridgehead atoms. The van der Waals surface area contributed by atoms with E-state index in [1.165, 1.54) is 26.8 Å². The summed E-state index contributed by atoms with van der Waals surface area (Å²) >= 11 is 0. The summed E-state index contributed by atoms with van der Waals surface area (Å²) in [4.78, 5) is 36.5. The molecule has 49 heavy (non-hydrogen) atoms. The number of hydrogen-bond donors (Lipinski definition) is 2. The number of pyridine rings is 2. The molecular formula is C37H40FN7O4. The average molecular weight is 666 g/mol. The number of anilines is 3. The first-order chi connectivity index (χ1) is 23.8. The monoisotopic (exact) mass is 665 g/mol. The Bertz CT molecular complexity index is 2170. The maximum absolute atomic E-state index is 15.4. The largest absolute Gasteiger partial charge is 0.392 e. The molecule has 0 saturated carbocycles. The molecule has 8 rings (SSSR count). The van der Waals surface area contributed by atoms with Crippen LogP contribution >= 0.6 is 0 Å². The molecule has 0 amide bonds. The minimum Gasteiger partial charge on any atom is -0.392 e. The Labute approximate surface area is 282 Å². The standard InChI is InChI=1S/C37H40FN7O4/c1-23-18-42(9-10-43(23)28-21-49-22-28)27-7-8-35(39-17-27)40-31-13-25(19-41(2)36(31)47)29-15-26(38)16-33(30(29)20-46)45-12-11-44-32-6-4-3-5-24(32)14-34(44)37(45)48/h7-8,11-17,19,23,28,46H,3-6,9-10,18,20-22H2,1-2H3,(H,39,40)/t23-/m1/s1. The van der Waals surface area contributed by atoms with E-state index in [2.05, 4.69) is 27.0 Å². The molecule has 254 valence electrons. The number of aromatic nitrogens is 4. The third-order valence-electron chi connectivity index (χ3n) is 10.4. The molecule has 6 heterocycles. The van der Waals surface area contributed by atoms with Crippen LogP contribution in [0.1, 0.15) is 36.6 Å². The number of benzene rings is 1. The lowest BCUT2D eigenvalue weighted by atomic mass is 9.98. The summed E-state index contributed by atoms with van der Waals surface area (Å²) in [6.07, 6.45) is 10.9. The number of halogens is 1. The molecule has 2 aliphatic heterocycles. The third kappa shape index (κ3) is 5.63. The summed E-state index contributed by atoms with van der Waals surface area (Å²) in [5, 5.41) is 13.8. The van der Waals surface area contributed by atoms with Crippen molar-refractivity contribution in [2.24, 2.45) is 7.05 Å². The Balaban J connectivity index is 1.09. The number of piperazine rings is 1. The lowest BCUT2D eigenvalue weighted by Gasteiger charge is -2.47. The van der Waals surface area contributed by atoms with Gasteiger partial charge in [-0.1, -0.05) is 0 Å². The molecule has 0 unspecified atom stereocenters. The highest BCUT2D eigenvalue weighted by molar-refractivity contribution is 5.75. The fourth-order valence-electron chi connectivity index (χ4n) is 7.73. The smallest absolute Gasteiger partial charge is 0.279 e. The first-order valence-corrected chi connectivity index (χ1v) is 17.0. The van der Waals surface area contributed by atoms with Gasteiger partial charge >= 0.3 is 0 Å². The Hall–Kier alpha value is -4.78. The Kier molecular flexibility index (Phi) is 8.09. The molecule has 1 atom stereocenters. The van der Waals surface area contributed by atoms with Crippen molar-refractivity contribution in [3.63, 3.8) is 0 Å². The van der Waals surface area contributed by atoms with Crippen molar-refractivity contribution in [3.8, 4) is 16.8 Å². The SMILES string of the molecule is C[C@@H]1CN(c2ccc(Nc3cc(-c4cc(F)cc(-n5ccn6c7c(cc6c5=O)CCCC7)c4CO)cn(C)c3=O)nc2)CCN1C1COC1. The number of nitrogens with zero attached hydrogens (tertiary/aromatic N) is 6. The van der Waals surface area contributed by atoms with Crippen LogP contribution in [-0.4, -0.2) is 73.5 Å². The summed E-state index contributed by atoms with van der Waals surface area (Å²) in [6.45, 7) is 6.16. The molecule has 4 aromatic heterocycles. The van der Waals surface area contributed by atoms with E-state index in [0.29, 0.717) is 40.1 Å². The normalized spacial score (nSPS) is 18.4. The van der Waals surface area contributed by atoms with Crippen molar-refractivity contribution < 1.29 is 14.2 Å². The fraction of sp³-hybridized carbons (Fsp3) is 0.378. The van der Waals surface area contributed by atoms with Crippen LogP contribution in [0.5, 0.6) is 0 Å². The number of aliphatic hydroxyl groups excluding tert-OH is 1. The van der Waals surface area contributed by atoms with Crippen LogP contribution in [0.3, 0.4) is 0 Å². The van der Waals surface area contributed by atoms with Crippen molar-refractivity contribution >= 4 is 22.7 Å². The highest BCUT2D eigenvalue weighted by atomic mass is 19.1. The van der Waals surface area contributed by atoms with Gasteiger partial charge in [0, 0.05) is 68.1 Å². The predicted molar refractivity (Wildman–Crippen MR) is 187 cm³/mol. The number of ether oxygens (including phenoxy) is 1. The number of aliphatic hydroxyl groups is 1. The van der Waals surface area contributed by atoms with Gasteiger partial charge < -0.3 is 29.0 Å². The first-order valence-electron chi connectivity index (χ1n) is 17.0. The van der Waals surface area contributed by atoms with Crippen molar-refractivity contribution in [1.29, 1.82) is 0 Å². The van der Waals surface area contributed by atoms with E-state index < -0.39 is 12.4 Å². The molecule has 3 aliphatic rings. The van der Waals surface area contributed by atoms with Crippen LogP contribution in [0.4, 0.5) is 21.6 Å². The van der Waals surface area contributed by atoms with Crippen molar-refractivity contribution in [3.05, 3.63) is 105 Å². The van der Waals surface area contributed by atoms with Crippen molar-refractivity contribution in [2.75, 3.05) is 43.1 Å². The third-order valence-corrected chi connectivity index (χ3v) is 10.4. The summed E-state index contributed by atoms with van der Waals surface area (Å²) in [6, 6.07) is 10.9. The molecule has 11 nitrogen and oxygen atoms in total. The van der Waals surface area contributed by atoms with Gasteiger partial charge in [-0.05, 0) is 80.1 Å². The molecule has 5 aromatic rings. The van der Waals surface area contributed by atoms with Crippen LogP contribution < -0.4 is 21.3 Å². The zero-order valence-corrected chi connectivity index (χ0v) is 27.7.